The number of hydrogen-bond acceptors (Lipinski definition) is 4. The lowest BCUT2D eigenvalue weighted by molar-refractivity contribution is -0.121. The Bertz CT molecular complexity index is 811. The van der Waals surface area contributed by atoms with Gasteiger partial charge in [-0.15, -0.1) is 0 Å². The quantitative estimate of drug-likeness (QED) is 0.247. The smallest absolute Gasteiger partial charge is 0.220 e. The molecule has 0 aromatic heterocycles. The Labute approximate surface area is 213 Å². The van der Waals surface area contributed by atoms with Crippen LogP contribution in [0.3, 0.4) is 0 Å². The summed E-state index contributed by atoms with van der Waals surface area (Å²) in [5.41, 5.74) is 10.2. The molecular formula is C30H48N4O. The minimum atomic E-state index is 0.206. The zero-order chi connectivity index (χ0) is 24.3. The van der Waals surface area contributed by atoms with Crippen molar-refractivity contribution in [2.24, 2.45) is 29.4 Å². The van der Waals surface area contributed by atoms with Gasteiger partial charge in [0.15, 0.2) is 0 Å². The molecule has 0 bridgehead atoms. The van der Waals surface area contributed by atoms with Crippen molar-refractivity contribution in [1.29, 1.82) is 0 Å². The van der Waals surface area contributed by atoms with Crippen LogP contribution in [0.1, 0.15) is 70.6 Å². The lowest BCUT2D eigenvalue weighted by Crippen LogP contribution is -2.40. The number of nitrogens with two attached hydrogens (primary N) is 1. The number of amides is 1. The van der Waals surface area contributed by atoms with Crippen molar-refractivity contribution in [2.75, 3.05) is 39.3 Å². The summed E-state index contributed by atoms with van der Waals surface area (Å²) in [7, 11) is 0. The van der Waals surface area contributed by atoms with Gasteiger partial charge in [0.25, 0.3) is 0 Å². The van der Waals surface area contributed by atoms with Crippen LogP contribution in [-0.2, 0) is 4.79 Å². The first-order valence-electron chi connectivity index (χ1n) is 14.4. The van der Waals surface area contributed by atoms with Crippen molar-refractivity contribution in [2.45, 2.75) is 70.6 Å². The van der Waals surface area contributed by atoms with Crippen molar-refractivity contribution >= 4 is 5.91 Å². The maximum absolute atomic E-state index is 12.3. The Balaban J connectivity index is 1.07. The fraction of sp³-hybridized carbons (Fsp3) is 0.700. The van der Waals surface area contributed by atoms with Crippen molar-refractivity contribution in [1.82, 2.24) is 16.0 Å². The van der Waals surface area contributed by atoms with Crippen LogP contribution in [0.5, 0.6) is 0 Å². The summed E-state index contributed by atoms with van der Waals surface area (Å²) in [5.74, 6) is 3.36. The Morgan fingerprint density at radius 3 is 2.40 bits per heavy atom. The summed E-state index contributed by atoms with van der Waals surface area (Å²) in [6, 6.07) is 0. The molecule has 0 spiro atoms. The van der Waals surface area contributed by atoms with Crippen molar-refractivity contribution in [3.8, 4) is 0 Å². The second-order valence-corrected chi connectivity index (χ2v) is 10.9. The van der Waals surface area contributed by atoms with Crippen LogP contribution in [0.4, 0.5) is 0 Å². The molecule has 1 amide bonds. The molecule has 4 unspecified atom stereocenters. The molecule has 0 heterocycles. The Kier molecular flexibility index (Phi) is 10.7. The second kappa shape index (κ2) is 14.2. The minimum Gasteiger partial charge on any atom is -0.356 e. The topological polar surface area (TPSA) is 79.2 Å². The molecule has 0 aliphatic heterocycles. The molecule has 4 rings (SSSR count). The van der Waals surface area contributed by atoms with Crippen LogP contribution in [0.2, 0.25) is 0 Å². The summed E-state index contributed by atoms with van der Waals surface area (Å²) in [6.07, 6.45) is 24.4. The molecule has 0 radical (unpaired) electrons. The van der Waals surface area contributed by atoms with Crippen LogP contribution >= 0.6 is 0 Å². The molecule has 0 aromatic carbocycles. The van der Waals surface area contributed by atoms with Gasteiger partial charge in [0, 0.05) is 13.0 Å². The van der Waals surface area contributed by atoms with E-state index in [-0.39, 0.29) is 5.91 Å². The van der Waals surface area contributed by atoms with Crippen molar-refractivity contribution in [3.63, 3.8) is 0 Å². The number of carbonyl (C=O) groups is 1. The number of allylic oxidation sites excluding steroid dienone is 8. The van der Waals surface area contributed by atoms with Crippen LogP contribution < -0.4 is 21.7 Å². The summed E-state index contributed by atoms with van der Waals surface area (Å²) >= 11 is 0. The number of nitrogens with one attached hydrogen (secondary N) is 3. The fourth-order valence-corrected chi connectivity index (χ4v) is 6.71. The van der Waals surface area contributed by atoms with E-state index < -0.39 is 0 Å². The van der Waals surface area contributed by atoms with Gasteiger partial charge in [-0.3, -0.25) is 4.79 Å². The highest BCUT2D eigenvalue weighted by Gasteiger charge is 2.45. The molecule has 0 saturated heterocycles. The third-order valence-electron chi connectivity index (χ3n) is 8.51. The average molecular weight is 481 g/mol. The molecule has 5 N–H and O–H groups in total. The monoisotopic (exact) mass is 480 g/mol. The van der Waals surface area contributed by atoms with Gasteiger partial charge in [-0.1, -0.05) is 30.4 Å². The Morgan fingerprint density at radius 1 is 0.857 bits per heavy atom. The first-order valence-corrected chi connectivity index (χ1v) is 14.4. The lowest BCUT2D eigenvalue weighted by atomic mass is 9.54. The predicted molar refractivity (Wildman–Crippen MR) is 146 cm³/mol. The predicted octanol–water partition coefficient (Wildman–Crippen LogP) is 4.39. The van der Waals surface area contributed by atoms with E-state index in [4.69, 9.17) is 5.73 Å². The van der Waals surface area contributed by atoms with Gasteiger partial charge in [-0.25, -0.2) is 0 Å². The number of rotatable bonds is 16. The molecule has 4 atom stereocenters. The van der Waals surface area contributed by atoms with Crippen LogP contribution in [0.25, 0.3) is 0 Å². The van der Waals surface area contributed by atoms with Gasteiger partial charge >= 0.3 is 0 Å². The van der Waals surface area contributed by atoms with E-state index in [1.807, 2.05) is 0 Å². The minimum absolute atomic E-state index is 0.206. The summed E-state index contributed by atoms with van der Waals surface area (Å²) < 4.78 is 0. The number of unbranched alkanes of at least 4 members (excludes halogenated alkanes) is 1. The Hall–Kier alpha value is -1.69. The van der Waals surface area contributed by atoms with E-state index in [9.17, 15) is 4.79 Å². The first-order chi connectivity index (χ1) is 17.3. The van der Waals surface area contributed by atoms with Crippen LogP contribution in [-0.4, -0.2) is 45.2 Å². The van der Waals surface area contributed by atoms with Crippen molar-refractivity contribution in [3.05, 3.63) is 47.1 Å². The highest BCUT2D eigenvalue weighted by molar-refractivity contribution is 5.75. The third-order valence-corrected chi connectivity index (χ3v) is 8.51. The molecule has 194 valence electrons. The third kappa shape index (κ3) is 7.41. The lowest BCUT2D eigenvalue weighted by Gasteiger charge is -2.50. The van der Waals surface area contributed by atoms with Crippen molar-refractivity contribution < 1.29 is 4.79 Å². The molecule has 5 nitrogen and oxygen atoms in total. The zero-order valence-electron chi connectivity index (χ0n) is 21.7. The Morgan fingerprint density at radius 2 is 1.60 bits per heavy atom. The molecule has 1 saturated carbocycles. The van der Waals surface area contributed by atoms with Crippen LogP contribution in [0, 0.1) is 23.7 Å². The van der Waals surface area contributed by atoms with E-state index in [0.29, 0.717) is 6.42 Å². The van der Waals surface area contributed by atoms with Crippen LogP contribution in [0.15, 0.2) is 47.1 Å². The fourth-order valence-electron chi connectivity index (χ4n) is 6.71. The molecular weight excluding hydrogens is 432 g/mol. The first kappa shape index (κ1) is 26.4. The van der Waals surface area contributed by atoms with Gasteiger partial charge in [-0.05, 0) is 137 Å². The average Bonchev–Trinajstić information content (AvgIpc) is 2.88. The zero-order valence-corrected chi connectivity index (χ0v) is 21.7. The molecule has 4 aliphatic carbocycles. The van der Waals surface area contributed by atoms with Gasteiger partial charge in [0.2, 0.25) is 5.91 Å². The van der Waals surface area contributed by atoms with E-state index in [1.54, 1.807) is 11.1 Å². The van der Waals surface area contributed by atoms with E-state index in [0.717, 1.165) is 88.6 Å². The van der Waals surface area contributed by atoms with E-state index in [2.05, 4.69) is 46.3 Å². The highest BCUT2D eigenvalue weighted by atomic mass is 16.1. The number of carbonyl (C=O) groups excluding carboxylic acids is 1. The largest absolute Gasteiger partial charge is 0.356 e. The SMILES string of the molecule is NCCCNCCCCNCCCNC(=O)CCCC1=CCC2CCC3CC=CC4=CC=C1C2C43. The van der Waals surface area contributed by atoms with Gasteiger partial charge in [0.1, 0.15) is 0 Å². The number of hydrogen-bond donors (Lipinski definition) is 4. The molecule has 1 fully saturated rings. The molecule has 0 aromatic rings. The maximum Gasteiger partial charge on any atom is 0.220 e. The summed E-state index contributed by atoms with van der Waals surface area (Å²) in [5, 5.41) is 10.0. The molecule has 35 heavy (non-hydrogen) atoms. The normalized spacial score (nSPS) is 26.5. The standard InChI is InChI=1S/C30H48N4O/c31-17-5-20-32-18-1-2-19-33-21-6-22-34-28(35)10-4-7-23-11-12-26-14-13-24-8-3-9-25-15-16-27(23)30(26)29(24)25/h3,9,11,15-16,24,26,29-30,32-33H,1-2,4-8,10,12-14,17-22,31H2,(H,34,35). The highest BCUT2D eigenvalue weighted by Crippen LogP contribution is 2.55. The molecule has 4 aliphatic rings. The van der Waals surface area contributed by atoms with Gasteiger partial charge in [-0.2, -0.15) is 0 Å². The van der Waals surface area contributed by atoms with Gasteiger partial charge < -0.3 is 21.7 Å². The second-order valence-electron chi connectivity index (χ2n) is 10.9. The summed E-state index contributed by atoms with van der Waals surface area (Å²) in [6.45, 7) is 5.65. The van der Waals surface area contributed by atoms with Gasteiger partial charge in [0.05, 0.1) is 0 Å². The maximum atomic E-state index is 12.3. The summed E-state index contributed by atoms with van der Waals surface area (Å²) in [4.78, 5) is 12.3. The van der Waals surface area contributed by atoms with E-state index in [1.165, 1.54) is 44.1 Å². The molecule has 5 heteroatoms. The van der Waals surface area contributed by atoms with E-state index >= 15 is 0 Å².